The largest absolute Gasteiger partial charge is 0.379 e. The van der Waals surface area contributed by atoms with Crippen LogP contribution in [0.4, 0.5) is 0 Å². The molecule has 1 fully saturated rings. The van der Waals surface area contributed by atoms with Crippen LogP contribution in [-0.4, -0.2) is 23.4 Å². The van der Waals surface area contributed by atoms with Crippen molar-refractivity contribution in [2.75, 3.05) is 13.2 Å². The van der Waals surface area contributed by atoms with Gasteiger partial charge in [0, 0.05) is 0 Å². The van der Waals surface area contributed by atoms with Gasteiger partial charge in [-0.15, -0.1) is 12.4 Å². The van der Waals surface area contributed by atoms with E-state index in [0.29, 0.717) is 31.5 Å². The molecule has 5 nitrogen and oxygen atoms in total. The van der Waals surface area contributed by atoms with Crippen LogP contribution in [0, 0.1) is 0 Å². The number of nitrogens with zero attached hydrogens (tertiary/aromatic N) is 2. The van der Waals surface area contributed by atoms with Gasteiger partial charge in [-0.3, -0.25) is 0 Å². The molecule has 0 unspecified atom stereocenters. The Morgan fingerprint density at radius 1 is 1.50 bits per heavy atom. The lowest BCUT2D eigenvalue weighted by Crippen LogP contribution is -2.46. The summed E-state index contributed by atoms with van der Waals surface area (Å²) in [6.45, 7) is 3.77. The van der Waals surface area contributed by atoms with Crippen molar-refractivity contribution in [1.29, 1.82) is 0 Å². The molecule has 2 rings (SSSR count). The molecule has 0 radical (unpaired) electrons. The molecular weight excluding hydrogens is 206 g/mol. The average Bonchev–Trinajstić information content (AvgIpc) is 2.52. The molecule has 2 heterocycles. The molecule has 1 saturated heterocycles. The third-order valence-electron chi connectivity index (χ3n) is 2.54. The van der Waals surface area contributed by atoms with Gasteiger partial charge >= 0.3 is 0 Å². The van der Waals surface area contributed by atoms with Gasteiger partial charge in [-0.25, -0.2) is 0 Å². The number of nitrogens with two attached hydrogens (primary N) is 1. The molecule has 0 atom stereocenters. The molecule has 1 aromatic heterocycles. The average molecular weight is 220 g/mol. The van der Waals surface area contributed by atoms with Crippen molar-refractivity contribution >= 4 is 12.4 Å². The molecule has 0 bridgehead atoms. The predicted molar refractivity (Wildman–Crippen MR) is 52.2 cm³/mol. The summed E-state index contributed by atoms with van der Waals surface area (Å²) >= 11 is 0. The lowest BCUT2D eigenvalue weighted by atomic mass is 9.83. The highest BCUT2D eigenvalue weighted by Crippen LogP contribution is 2.34. The van der Waals surface area contributed by atoms with Crippen LogP contribution in [0.3, 0.4) is 0 Å². The van der Waals surface area contributed by atoms with Gasteiger partial charge in [0.15, 0.2) is 5.82 Å². The SMILES string of the molecule is CCC1(c2nc(CN)no2)COC1.Cl. The zero-order chi connectivity index (χ0) is 9.31. The number of halogens is 1. The molecule has 0 spiro atoms. The first kappa shape index (κ1) is 11.4. The summed E-state index contributed by atoms with van der Waals surface area (Å²) in [4.78, 5) is 4.21. The van der Waals surface area contributed by atoms with E-state index in [4.69, 9.17) is 15.0 Å². The summed E-state index contributed by atoms with van der Waals surface area (Å²) in [5.41, 5.74) is 5.35. The van der Waals surface area contributed by atoms with Crippen LogP contribution in [0.2, 0.25) is 0 Å². The number of ether oxygens (including phenoxy) is 1. The lowest BCUT2D eigenvalue weighted by molar-refractivity contribution is -0.0765. The Kier molecular flexibility index (Phi) is 3.47. The number of aromatic nitrogens is 2. The summed E-state index contributed by atoms with van der Waals surface area (Å²) in [6.07, 6.45) is 0.958. The fourth-order valence-corrected chi connectivity index (χ4v) is 1.38. The highest BCUT2D eigenvalue weighted by Gasteiger charge is 2.43. The molecular formula is C8H14ClN3O2. The van der Waals surface area contributed by atoms with Gasteiger partial charge in [0.25, 0.3) is 0 Å². The van der Waals surface area contributed by atoms with E-state index in [2.05, 4.69) is 17.1 Å². The minimum atomic E-state index is -0.0413. The van der Waals surface area contributed by atoms with Gasteiger partial charge in [0.2, 0.25) is 5.89 Å². The molecule has 0 aromatic carbocycles. The van der Waals surface area contributed by atoms with Crippen LogP contribution in [0.5, 0.6) is 0 Å². The van der Waals surface area contributed by atoms with Crippen molar-refractivity contribution in [1.82, 2.24) is 10.1 Å². The molecule has 1 aromatic rings. The van der Waals surface area contributed by atoms with Crippen LogP contribution in [0.25, 0.3) is 0 Å². The minimum absolute atomic E-state index is 0. The molecule has 0 amide bonds. The molecule has 2 N–H and O–H groups in total. The minimum Gasteiger partial charge on any atom is -0.379 e. The maximum absolute atomic E-state index is 5.39. The van der Waals surface area contributed by atoms with E-state index in [-0.39, 0.29) is 17.8 Å². The zero-order valence-corrected chi connectivity index (χ0v) is 8.84. The van der Waals surface area contributed by atoms with Crippen molar-refractivity contribution in [3.63, 3.8) is 0 Å². The Labute approximate surface area is 88.4 Å². The number of hydrogen-bond donors (Lipinski definition) is 1. The van der Waals surface area contributed by atoms with Gasteiger partial charge in [-0.1, -0.05) is 12.1 Å². The van der Waals surface area contributed by atoms with E-state index in [1.807, 2.05) is 0 Å². The standard InChI is InChI=1S/C8H13N3O2.ClH/c1-2-8(4-12-5-8)7-10-6(3-9)11-13-7;/h2-5,9H2,1H3;1H. The normalized spacial score (nSPS) is 18.4. The number of rotatable bonds is 3. The van der Waals surface area contributed by atoms with Crippen molar-refractivity contribution in [2.24, 2.45) is 5.73 Å². The fourth-order valence-electron chi connectivity index (χ4n) is 1.38. The zero-order valence-electron chi connectivity index (χ0n) is 8.02. The molecule has 80 valence electrons. The van der Waals surface area contributed by atoms with Gasteiger partial charge in [0.05, 0.1) is 25.2 Å². The summed E-state index contributed by atoms with van der Waals surface area (Å²) < 4.78 is 10.3. The Bertz CT molecular complexity index is 293. The molecule has 14 heavy (non-hydrogen) atoms. The van der Waals surface area contributed by atoms with Crippen LogP contribution < -0.4 is 5.73 Å². The highest BCUT2D eigenvalue weighted by molar-refractivity contribution is 5.85. The summed E-state index contributed by atoms with van der Waals surface area (Å²) in [7, 11) is 0. The highest BCUT2D eigenvalue weighted by atomic mass is 35.5. The van der Waals surface area contributed by atoms with Crippen LogP contribution in [-0.2, 0) is 16.7 Å². The number of hydrogen-bond acceptors (Lipinski definition) is 5. The smallest absolute Gasteiger partial charge is 0.237 e. The van der Waals surface area contributed by atoms with E-state index >= 15 is 0 Å². The van der Waals surface area contributed by atoms with Gasteiger partial charge < -0.3 is 15.0 Å². The maximum Gasteiger partial charge on any atom is 0.237 e. The molecule has 6 heteroatoms. The van der Waals surface area contributed by atoms with Gasteiger partial charge in [-0.05, 0) is 6.42 Å². The predicted octanol–water partition coefficient (Wildman–Crippen LogP) is 0.628. The van der Waals surface area contributed by atoms with Crippen molar-refractivity contribution in [3.8, 4) is 0 Å². The Morgan fingerprint density at radius 3 is 2.57 bits per heavy atom. The third-order valence-corrected chi connectivity index (χ3v) is 2.54. The maximum atomic E-state index is 5.39. The van der Waals surface area contributed by atoms with E-state index in [1.54, 1.807) is 0 Å². The summed E-state index contributed by atoms with van der Waals surface area (Å²) in [5, 5.41) is 3.76. The molecule has 1 aliphatic rings. The van der Waals surface area contributed by atoms with Crippen LogP contribution in [0.15, 0.2) is 4.52 Å². The first-order valence-corrected chi connectivity index (χ1v) is 4.41. The van der Waals surface area contributed by atoms with Crippen molar-refractivity contribution in [2.45, 2.75) is 25.3 Å². The second kappa shape index (κ2) is 4.25. The van der Waals surface area contributed by atoms with E-state index < -0.39 is 0 Å². The molecule has 0 saturated carbocycles. The topological polar surface area (TPSA) is 74.2 Å². The summed E-state index contributed by atoms with van der Waals surface area (Å²) in [5.74, 6) is 1.23. The monoisotopic (exact) mass is 219 g/mol. The van der Waals surface area contributed by atoms with Gasteiger partial charge in [-0.2, -0.15) is 4.98 Å². The van der Waals surface area contributed by atoms with Crippen LogP contribution in [0.1, 0.15) is 25.1 Å². The lowest BCUT2D eigenvalue weighted by Gasteiger charge is -2.36. The first-order valence-electron chi connectivity index (χ1n) is 4.41. The van der Waals surface area contributed by atoms with Crippen molar-refractivity contribution < 1.29 is 9.26 Å². The molecule has 0 aliphatic carbocycles. The van der Waals surface area contributed by atoms with Crippen LogP contribution >= 0.6 is 12.4 Å². The third kappa shape index (κ3) is 1.63. The van der Waals surface area contributed by atoms with Crippen molar-refractivity contribution in [3.05, 3.63) is 11.7 Å². The second-order valence-electron chi connectivity index (χ2n) is 3.35. The van der Waals surface area contributed by atoms with E-state index in [1.165, 1.54) is 0 Å². The Hall–Kier alpha value is -0.650. The summed E-state index contributed by atoms with van der Waals surface area (Å²) in [6, 6.07) is 0. The Morgan fingerprint density at radius 2 is 2.21 bits per heavy atom. The first-order chi connectivity index (χ1) is 6.30. The van der Waals surface area contributed by atoms with E-state index in [9.17, 15) is 0 Å². The quantitative estimate of drug-likeness (QED) is 0.807. The fraction of sp³-hybridized carbons (Fsp3) is 0.750. The molecule has 1 aliphatic heterocycles. The van der Waals surface area contributed by atoms with E-state index in [0.717, 1.165) is 6.42 Å². The second-order valence-corrected chi connectivity index (χ2v) is 3.35. The van der Waals surface area contributed by atoms with Gasteiger partial charge in [0.1, 0.15) is 0 Å². The Balaban J connectivity index is 0.000000980.